The van der Waals surface area contributed by atoms with E-state index in [9.17, 15) is 0 Å². The zero-order valence-electron chi connectivity index (χ0n) is 8.70. The number of nitrogens with zero attached hydrogens (tertiary/aromatic N) is 1. The molecule has 0 N–H and O–H groups in total. The highest BCUT2D eigenvalue weighted by Crippen LogP contribution is 2.27. The smallest absolute Gasteiger partial charge is 0.211 e. The van der Waals surface area contributed by atoms with Crippen molar-refractivity contribution in [1.82, 2.24) is 0 Å². The van der Waals surface area contributed by atoms with Crippen LogP contribution in [0.2, 0.25) is 10.0 Å². The predicted octanol–water partition coefficient (Wildman–Crippen LogP) is 0.889. The van der Waals surface area contributed by atoms with E-state index >= 15 is 0 Å². The van der Waals surface area contributed by atoms with Gasteiger partial charge in [0, 0.05) is 23.6 Å². The molecule has 3 rings (SSSR count). The SMILES string of the molecule is Clc1cc2cc3cccc[n+]3cc2cc1Cl.[Br-]. The topological polar surface area (TPSA) is 4.10 Å². The van der Waals surface area contributed by atoms with Gasteiger partial charge in [-0.2, -0.15) is 4.40 Å². The largest absolute Gasteiger partial charge is 1.00 e. The lowest BCUT2D eigenvalue weighted by Crippen LogP contribution is -3.00. The Morgan fingerprint density at radius 3 is 2.35 bits per heavy atom. The second-order valence-corrected chi connectivity index (χ2v) is 4.52. The van der Waals surface area contributed by atoms with Crippen molar-refractivity contribution in [3.63, 3.8) is 0 Å². The molecule has 86 valence electrons. The highest BCUT2D eigenvalue weighted by atomic mass is 79.9. The third-order valence-electron chi connectivity index (χ3n) is 2.63. The van der Waals surface area contributed by atoms with E-state index in [0.29, 0.717) is 10.0 Å². The van der Waals surface area contributed by atoms with Crippen molar-refractivity contribution in [3.05, 3.63) is 58.8 Å². The van der Waals surface area contributed by atoms with Crippen LogP contribution in [0.4, 0.5) is 0 Å². The molecule has 0 radical (unpaired) electrons. The predicted molar refractivity (Wildman–Crippen MR) is 67.1 cm³/mol. The Morgan fingerprint density at radius 2 is 1.59 bits per heavy atom. The van der Waals surface area contributed by atoms with Gasteiger partial charge in [-0.1, -0.05) is 23.2 Å². The van der Waals surface area contributed by atoms with Crippen molar-refractivity contribution in [2.75, 3.05) is 0 Å². The van der Waals surface area contributed by atoms with Gasteiger partial charge in [0.05, 0.1) is 10.0 Å². The Morgan fingerprint density at radius 1 is 0.882 bits per heavy atom. The summed E-state index contributed by atoms with van der Waals surface area (Å²) >= 11 is 12.0. The summed E-state index contributed by atoms with van der Waals surface area (Å²) < 4.78 is 2.06. The van der Waals surface area contributed by atoms with Gasteiger partial charge in [-0.05, 0) is 23.6 Å². The summed E-state index contributed by atoms with van der Waals surface area (Å²) in [4.78, 5) is 0. The number of hydrogen-bond donors (Lipinski definition) is 0. The Hall–Kier alpha value is -0.830. The maximum absolute atomic E-state index is 6.00. The summed E-state index contributed by atoms with van der Waals surface area (Å²) in [6.07, 6.45) is 4.06. The Balaban J connectivity index is 0.00000108. The van der Waals surface area contributed by atoms with E-state index in [2.05, 4.69) is 16.5 Å². The Labute approximate surface area is 119 Å². The summed E-state index contributed by atoms with van der Waals surface area (Å²) in [5.74, 6) is 0. The molecule has 0 saturated heterocycles. The third-order valence-corrected chi connectivity index (χ3v) is 3.35. The lowest BCUT2D eigenvalue weighted by atomic mass is 10.1. The zero-order valence-corrected chi connectivity index (χ0v) is 11.8. The Kier molecular flexibility index (Phi) is 3.57. The van der Waals surface area contributed by atoms with Gasteiger partial charge in [0.1, 0.15) is 0 Å². The van der Waals surface area contributed by atoms with E-state index in [1.807, 2.05) is 36.7 Å². The molecule has 4 heteroatoms. The lowest BCUT2D eigenvalue weighted by Gasteiger charge is -1.99. The maximum Gasteiger partial charge on any atom is 0.211 e. The molecule has 1 aromatic carbocycles. The molecule has 0 amide bonds. The van der Waals surface area contributed by atoms with E-state index in [1.54, 1.807) is 0 Å². The average molecular weight is 329 g/mol. The van der Waals surface area contributed by atoms with Crippen LogP contribution in [-0.2, 0) is 0 Å². The number of benzene rings is 1. The van der Waals surface area contributed by atoms with Gasteiger partial charge in [0.2, 0.25) is 5.52 Å². The first-order valence-electron chi connectivity index (χ1n) is 4.93. The first-order chi connectivity index (χ1) is 7.74. The van der Waals surface area contributed by atoms with Gasteiger partial charge < -0.3 is 17.0 Å². The van der Waals surface area contributed by atoms with Gasteiger partial charge in [-0.25, -0.2) is 0 Å². The molecular formula is C13H8BrCl2N. The minimum atomic E-state index is 0. The average Bonchev–Trinajstić information content (AvgIpc) is 2.28. The van der Waals surface area contributed by atoms with Crippen molar-refractivity contribution in [3.8, 4) is 0 Å². The third kappa shape index (κ3) is 2.25. The van der Waals surface area contributed by atoms with Crippen molar-refractivity contribution in [2.24, 2.45) is 0 Å². The monoisotopic (exact) mass is 327 g/mol. The second-order valence-electron chi connectivity index (χ2n) is 3.70. The number of halogens is 3. The van der Waals surface area contributed by atoms with Crippen LogP contribution in [0.3, 0.4) is 0 Å². The second kappa shape index (κ2) is 4.81. The molecule has 17 heavy (non-hydrogen) atoms. The van der Waals surface area contributed by atoms with Crippen molar-refractivity contribution >= 4 is 39.5 Å². The molecule has 0 saturated carbocycles. The molecule has 0 atom stereocenters. The van der Waals surface area contributed by atoms with E-state index in [0.717, 1.165) is 16.3 Å². The van der Waals surface area contributed by atoms with Crippen LogP contribution in [0.25, 0.3) is 16.3 Å². The van der Waals surface area contributed by atoms with Gasteiger partial charge >= 0.3 is 0 Å². The molecule has 0 bridgehead atoms. The highest BCUT2D eigenvalue weighted by Gasteiger charge is 2.07. The fourth-order valence-electron chi connectivity index (χ4n) is 1.83. The van der Waals surface area contributed by atoms with E-state index in [1.165, 1.54) is 0 Å². The van der Waals surface area contributed by atoms with Crippen LogP contribution in [0.15, 0.2) is 48.8 Å². The van der Waals surface area contributed by atoms with Gasteiger partial charge in [-0.3, -0.25) is 0 Å². The molecule has 0 aliphatic heterocycles. The molecule has 2 aromatic heterocycles. The number of aromatic nitrogens is 1. The summed E-state index contributed by atoms with van der Waals surface area (Å²) in [5.41, 5.74) is 1.13. The van der Waals surface area contributed by atoms with Crippen molar-refractivity contribution in [1.29, 1.82) is 0 Å². The Bertz CT molecular complexity index is 637. The molecule has 1 nitrogen and oxygen atoms in total. The first-order valence-corrected chi connectivity index (χ1v) is 5.68. The van der Waals surface area contributed by atoms with E-state index in [-0.39, 0.29) is 17.0 Å². The molecule has 0 unspecified atom stereocenters. The fourth-order valence-corrected chi connectivity index (χ4v) is 2.18. The summed E-state index contributed by atoms with van der Waals surface area (Å²) in [6, 6.07) is 11.9. The number of fused-ring (bicyclic) bond motifs is 2. The summed E-state index contributed by atoms with van der Waals surface area (Å²) in [7, 11) is 0. The number of hydrogen-bond acceptors (Lipinski definition) is 0. The molecule has 0 aliphatic rings. The molecule has 3 aromatic rings. The van der Waals surface area contributed by atoms with Gasteiger partial charge in [0.25, 0.3) is 0 Å². The molecule has 0 aliphatic carbocycles. The lowest BCUT2D eigenvalue weighted by molar-refractivity contribution is -0.510. The number of pyridine rings is 2. The normalized spacial score (nSPS) is 10.5. The molecule has 0 spiro atoms. The van der Waals surface area contributed by atoms with Crippen molar-refractivity contribution in [2.45, 2.75) is 0 Å². The number of rotatable bonds is 0. The van der Waals surface area contributed by atoms with Crippen LogP contribution in [0.5, 0.6) is 0 Å². The van der Waals surface area contributed by atoms with E-state index in [4.69, 9.17) is 23.2 Å². The van der Waals surface area contributed by atoms with Crippen LogP contribution in [0.1, 0.15) is 0 Å². The highest BCUT2D eigenvalue weighted by molar-refractivity contribution is 6.42. The molecule has 0 fully saturated rings. The summed E-state index contributed by atoms with van der Waals surface area (Å²) in [6.45, 7) is 0. The minimum Gasteiger partial charge on any atom is -1.00 e. The van der Waals surface area contributed by atoms with Crippen LogP contribution in [-0.4, -0.2) is 0 Å². The molecular weight excluding hydrogens is 321 g/mol. The molecule has 2 heterocycles. The van der Waals surface area contributed by atoms with Crippen LogP contribution in [0, 0.1) is 0 Å². The summed E-state index contributed by atoms with van der Waals surface area (Å²) in [5, 5.41) is 3.36. The van der Waals surface area contributed by atoms with Crippen LogP contribution < -0.4 is 21.4 Å². The van der Waals surface area contributed by atoms with Gasteiger partial charge in [0.15, 0.2) is 12.4 Å². The first kappa shape index (κ1) is 12.6. The van der Waals surface area contributed by atoms with Gasteiger partial charge in [-0.15, -0.1) is 0 Å². The minimum absolute atomic E-state index is 0. The quantitative estimate of drug-likeness (QED) is 0.426. The van der Waals surface area contributed by atoms with Crippen LogP contribution >= 0.6 is 23.2 Å². The van der Waals surface area contributed by atoms with E-state index < -0.39 is 0 Å². The van der Waals surface area contributed by atoms with Crippen molar-refractivity contribution < 1.29 is 21.4 Å². The maximum atomic E-state index is 6.00. The zero-order chi connectivity index (χ0) is 11.1. The standard InChI is InChI=1S/C13H8Cl2N.BrH/c14-12-6-9-5-11-3-1-2-4-16(11)8-10(9)7-13(12)15;/h1-8H;1H/q+1;/p-1. The fraction of sp³-hybridized carbons (Fsp3) is 0.